The largest absolute Gasteiger partial charge is 0.496 e. The maximum atomic E-state index is 12.7. The van der Waals surface area contributed by atoms with Gasteiger partial charge in [-0.05, 0) is 31.5 Å². The molecule has 1 aliphatic rings. The average Bonchev–Trinajstić information content (AvgIpc) is 2.54. The zero-order chi connectivity index (χ0) is 17.0. The third-order valence-electron chi connectivity index (χ3n) is 3.77. The van der Waals surface area contributed by atoms with E-state index in [4.69, 9.17) is 21.1 Å². The molecule has 2 amide bonds. The lowest BCUT2D eigenvalue weighted by Crippen LogP contribution is -2.50. The van der Waals surface area contributed by atoms with Crippen LogP contribution in [0.3, 0.4) is 0 Å². The van der Waals surface area contributed by atoms with Gasteiger partial charge in [0.25, 0.3) is 5.91 Å². The highest BCUT2D eigenvalue weighted by Gasteiger charge is 2.27. The summed E-state index contributed by atoms with van der Waals surface area (Å²) in [5.74, 6) is 0.392. The van der Waals surface area contributed by atoms with Crippen LogP contribution in [0.1, 0.15) is 22.8 Å². The van der Waals surface area contributed by atoms with Crippen molar-refractivity contribution < 1.29 is 19.1 Å². The number of rotatable bonds is 3. The minimum absolute atomic E-state index is 0.143. The number of piperazine rings is 1. The molecule has 1 aromatic carbocycles. The fourth-order valence-electron chi connectivity index (χ4n) is 2.64. The Labute approximate surface area is 140 Å². The number of halogens is 1. The van der Waals surface area contributed by atoms with Crippen LogP contribution in [0.5, 0.6) is 5.75 Å². The van der Waals surface area contributed by atoms with E-state index in [1.54, 1.807) is 28.9 Å². The minimum atomic E-state index is -0.337. The van der Waals surface area contributed by atoms with Gasteiger partial charge in [0.15, 0.2) is 0 Å². The van der Waals surface area contributed by atoms with E-state index >= 15 is 0 Å². The molecule has 7 heteroatoms. The van der Waals surface area contributed by atoms with Crippen molar-refractivity contribution in [1.29, 1.82) is 0 Å². The number of benzene rings is 1. The molecule has 1 aliphatic heterocycles. The van der Waals surface area contributed by atoms with Gasteiger partial charge in [0.2, 0.25) is 0 Å². The summed E-state index contributed by atoms with van der Waals surface area (Å²) in [6.07, 6.45) is -0.337. The maximum Gasteiger partial charge on any atom is 0.409 e. The molecule has 0 N–H and O–H groups in total. The molecule has 0 atom stereocenters. The fraction of sp³-hybridized carbons (Fsp3) is 0.500. The van der Waals surface area contributed by atoms with Crippen LogP contribution in [-0.4, -0.2) is 61.7 Å². The number of carbonyl (C=O) groups is 2. The van der Waals surface area contributed by atoms with Crippen molar-refractivity contribution in [3.8, 4) is 5.75 Å². The number of aryl methyl sites for hydroxylation is 1. The van der Waals surface area contributed by atoms with E-state index in [1.807, 2.05) is 6.92 Å². The number of hydrogen-bond donors (Lipinski definition) is 0. The Hall–Kier alpha value is -1.95. The molecule has 1 saturated heterocycles. The van der Waals surface area contributed by atoms with Gasteiger partial charge in [0, 0.05) is 31.2 Å². The zero-order valence-corrected chi connectivity index (χ0v) is 14.4. The molecule has 0 unspecified atom stereocenters. The second-order valence-corrected chi connectivity index (χ2v) is 5.72. The lowest BCUT2D eigenvalue weighted by atomic mass is 10.1. The number of nitrogens with zero attached hydrogens (tertiary/aromatic N) is 2. The molecular weight excluding hydrogens is 320 g/mol. The lowest BCUT2D eigenvalue weighted by molar-refractivity contribution is 0.0568. The van der Waals surface area contributed by atoms with Crippen LogP contribution in [0, 0.1) is 6.92 Å². The Kier molecular flexibility index (Phi) is 5.71. The molecule has 6 nitrogen and oxygen atoms in total. The summed E-state index contributed by atoms with van der Waals surface area (Å²) in [4.78, 5) is 27.7. The Bertz CT molecular complexity index is 598. The summed E-state index contributed by atoms with van der Waals surface area (Å²) in [6.45, 7) is 5.76. The first-order chi connectivity index (χ1) is 11.0. The van der Waals surface area contributed by atoms with Crippen LogP contribution in [0.4, 0.5) is 4.79 Å². The van der Waals surface area contributed by atoms with E-state index in [2.05, 4.69) is 0 Å². The lowest BCUT2D eigenvalue weighted by Gasteiger charge is -2.34. The molecule has 0 saturated carbocycles. The number of methoxy groups -OCH3 is 1. The van der Waals surface area contributed by atoms with Crippen LogP contribution < -0.4 is 4.74 Å². The Balaban J connectivity index is 2.10. The number of amides is 2. The smallest absolute Gasteiger partial charge is 0.409 e. The highest BCUT2D eigenvalue weighted by molar-refractivity contribution is 6.31. The van der Waals surface area contributed by atoms with Gasteiger partial charge in [-0.3, -0.25) is 4.79 Å². The van der Waals surface area contributed by atoms with E-state index < -0.39 is 0 Å². The summed E-state index contributed by atoms with van der Waals surface area (Å²) in [5, 5.41) is 0.497. The van der Waals surface area contributed by atoms with Crippen molar-refractivity contribution in [3.63, 3.8) is 0 Å². The average molecular weight is 341 g/mol. The predicted molar refractivity (Wildman–Crippen MR) is 87.2 cm³/mol. The Morgan fingerprint density at radius 1 is 1.17 bits per heavy atom. The number of hydrogen-bond acceptors (Lipinski definition) is 4. The molecule has 0 aliphatic carbocycles. The standard InChI is InChI=1S/C16H21ClN2O4/c1-4-23-16(21)19-7-5-18(6-8-19)15(20)13-10-12(17)9-11(2)14(13)22-3/h9-10H,4-8H2,1-3H3. The summed E-state index contributed by atoms with van der Waals surface area (Å²) in [6, 6.07) is 3.38. The van der Waals surface area contributed by atoms with Crippen LogP contribution >= 0.6 is 11.6 Å². The van der Waals surface area contributed by atoms with Gasteiger partial charge in [0.05, 0.1) is 19.3 Å². The van der Waals surface area contributed by atoms with Crippen molar-refractivity contribution in [1.82, 2.24) is 9.80 Å². The van der Waals surface area contributed by atoms with Gasteiger partial charge in [-0.2, -0.15) is 0 Å². The molecule has 1 fully saturated rings. The van der Waals surface area contributed by atoms with Crippen molar-refractivity contribution in [2.24, 2.45) is 0 Å². The first kappa shape index (κ1) is 17.4. The Morgan fingerprint density at radius 2 is 1.78 bits per heavy atom. The maximum absolute atomic E-state index is 12.7. The van der Waals surface area contributed by atoms with E-state index in [9.17, 15) is 9.59 Å². The summed E-state index contributed by atoms with van der Waals surface area (Å²) < 4.78 is 10.3. The van der Waals surface area contributed by atoms with Gasteiger partial charge in [-0.25, -0.2) is 4.79 Å². The number of ether oxygens (including phenoxy) is 2. The quantitative estimate of drug-likeness (QED) is 0.848. The van der Waals surface area contributed by atoms with E-state index in [0.29, 0.717) is 49.1 Å². The second kappa shape index (κ2) is 7.55. The first-order valence-corrected chi connectivity index (χ1v) is 7.90. The van der Waals surface area contributed by atoms with Crippen LogP contribution in [0.25, 0.3) is 0 Å². The van der Waals surface area contributed by atoms with Crippen LogP contribution in [0.2, 0.25) is 5.02 Å². The van der Waals surface area contributed by atoms with Gasteiger partial charge in [-0.1, -0.05) is 11.6 Å². The normalized spacial score (nSPS) is 14.6. The third kappa shape index (κ3) is 3.88. The van der Waals surface area contributed by atoms with Crippen molar-refractivity contribution in [2.45, 2.75) is 13.8 Å². The molecular formula is C16H21ClN2O4. The Morgan fingerprint density at radius 3 is 2.35 bits per heavy atom. The second-order valence-electron chi connectivity index (χ2n) is 5.28. The van der Waals surface area contributed by atoms with Crippen molar-refractivity contribution >= 4 is 23.6 Å². The summed E-state index contributed by atoms with van der Waals surface area (Å²) in [5.41, 5.74) is 1.26. The fourth-order valence-corrected chi connectivity index (χ4v) is 2.91. The topological polar surface area (TPSA) is 59.1 Å². The van der Waals surface area contributed by atoms with Gasteiger partial charge < -0.3 is 19.3 Å². The molecule has 1 heterocycles. The van der Waals surface area contributed by atoms with Gasteiger partial charge in [0.1, 0.15) is 5.75 Å². The zero-order valence-electron chi connectivity index (χ0n) is 13.6. The molecule has 0 radical (unpaired) electrons. The third-order valence-corrected chi connectivity index (χ3v) is 3.99. The molecule has 126 valence electrons. The van der Waals surface area contributed by atoms with E-state index in [-0.39, 0.29) is 12.0 Å². The van der Waals surface area contributed by atoms with Crippen molar-refractivity contribution in [3.05, 3.63) is 28.3 Å². The molecule has 0 aromatic heterocycles. The number of carbonyl (C=O) groups excluding carboxylic acids is 2. The summed E-state index contributed by atoms with van der Waals surface area (Å²) >= 11 is 6.07. The highest BCUT2D eigenvalue weighted by Crippen LogP contribution is 2.29. The molecule has 1 aromatic rings. The van der Waals surface area contributed by atoms with E-state index in [0.717, 1.165) is 5.56 Å². The van der Waals surface area contributed by atoms with Crippen molar-refractivity contribution in [2.75, 3.05) is 39.9 Å². The predicted octanol–water partition coefficient (Wildman–Crippen LogP) is 2.57. The summed E-state index contributed by atoms with van der Waals surface area (Å²) in [7, 11) is 1.53. The van der Waals surface area contributed by atoms with Crippen LogP contribution in [-0.2, 0) is 4.74 Å². The SMILES string of the molecule is CCOC(=O)N1CCN(C(=O)c2cc(Cl)cc(C)c2OC)CC1. The van der Waals surface area contributed by atoms with Gasteiger partial charge >= 0.3 is 6.09 Å². The molecule has 0 spiro atoms. The van der Waals surface area contributed by atoms with E-state index in [1.165, 1.54) is 7.11 Å². The van der Waals surface area contributed by atoms with Gasteiger partial charge in [-0.15, -0.1) is 0 Å². The molecule has 0 bridgehead atoms. The first-order valence-electron chi connectivity index (χ1n) is 7.53. The monoisotopic (exact) mass is 340 g/mol. The van der Waals surface area contributed by atoms with Crippen LogP contribution in [0.15, 0.2) is 12.1 Å². The molecule has 2 rings (SSSR count). The molecule has 23 heavy (non-hydrogen) atoms. The highest BCUT2D eigenvalue weighted by atomic mass is 35.5. The minimum Gasteiger partial charge on any atom is -0.496 e.